The molecule has 0 aliphatic rings. The van der Waals surface area contributed by atoms with Gasteiger partial charge in [0, 0.05) is 16.2 Å². The Kier molecular flexibility index (Phi) is 4.63. The highest BCUT2D eigenvalue weighted by Crippen LogP contribution is 2.28. The Morgan fingerprint density at radius 1 is 1.05 bits per heavy atom. The van der Waals surface area contributed by atoms with E-state index < -0.39 is 0 Å². The Morgan fingerprint density at radius 2 is 1.79 bits per heavy atom. The van der Waals surface area contributed by atoms with Gasteiger partial charge in [0.1, 0.15) is 5.82 Å². The number of nitrogens with one attached hydrogen (secondary N) is 1. The first kappa shape index (κ1) is 14.5. The van der Waals surface area contributed by atoms with Crippen molar-refractivity contribution in [3.8, 4) is 0 Å². The number of rotatable bonds is 3. The molecule has 0 radical (unpaired) electrons. The van der Waals surface area contributed by atoms with Crippen LogP contribution in [0.1, 0.15) is 24.1 Å². The SMILES string of the molecule is Cc1ccc(NC(C)c2ccc(F)c(Br)c2)c(Br)c1. The van der Waals surface area contributed by atoms with Crippen molar-refractivity contribution in [3.05, 3.63) is 62.3 Å². The molecule has 100 valence electrons. The maximum Gasteiger partial charge on any atom is 0.137 e. The fraction of sp³-hybridized carbons (Fsp3) is 0.200. The summed E-state index contributed by atoms with van der Waals surface area (Å²) in [7, 11) is 0. The average Bonchev–Trinajstić information content (AvgIpc) is 2.36. The number of halogens is 3. The average molecular weight is 387 g/mol. The highest BCUT2D eigenvalue weighted by molar-refractivity contribution is 9.10. The molecule has 0 aliphatic heterocycles. The summed E-state index contributed by atoms with van der Waals surface area (Å²) in [5, 5.41) is 3.41. The van der Waals surface area contributed by atoms with E-state index >= 15 is 0 Å². The van der Waals surface area contributed by atoms with Crippen LogP contribution in [0.15, 0.2) is 45.3 Å². The summed E-state index contributed by atoms with van der Waals surface area (Å²) in [6.07, 6.45) is 0. The van der Waals surface area contributed by atoms with Gasteiger partial charge in [-0.3, -0.25) is 0 Å². The second kappa shape index (κ2) is 6.06. The van der Waals surface area contributed by atoms with Crippen LogP contribution in [-0.2, 0) is 0 Å². The molecule has 0 saturated heterocycles. The van der Waals surface area contributed by atoms with E-state index in [2.05, 4.69) is 56.2 Å². The molecule has 0 bridgehead atoms. The van der Waals surface area contributed by atoms with Crippen LogP contribution in [0.25, 0.3) is 0 Å². The largest absolute Gasteiger partial charge is 0.378 e. The van der Waals surface area contributed by atoms with Crippen molar-refractivity contribution in [2.75, 3.05) is 5.32 Å². The van der Waals surface area contributed by atoms with Crippen molar-refractivity contribution in [2.24, 2.45) is 0 Å². The molecule has 4 heteroatoms. The Balaban J connectivity index is 2.20. The number of aryl methyl sites for hydroxylation is 1. The van der Waals surface area contributed by atoms with E-state index in [9.17, 15) is 4.39 Å². The summed E-state index contributed by atoms with van der Waals surface area (Å²) in [6, 6.07) is 11.3. The van der Waals surface area contributed by atoms with Gasteiger partial charge in [-0.05, 0) is 81.1 Å². The predicted octanol–water partition coefficient (Wildman–Crippen LogP) is 5.83. The van der Waals surface area contributed by atoms with Crippen LogP contribution in [0.3, 0.4) is 0 Å². The van der Waals surface area contributed by atoms with Gasteiger partial charge in [-0.15, -0.1) is 0 Å². The van der Waals surface area contributed by atoms with Gasteiger partial charge in [-0.2, -0.15) is 0 Å². The zero-order valence-electron chi connectivity index (χ0n) is 10.7. The monoisotopic (exact) mass is 385 g/mol. The van der Waals surface area contributed by atoms with E-state index in [1.54, 1.807) is 12.1 Å². The number of benzene rings is 2. The molecular formula is C15H14Br2FN. The van der Waals surface area contributed by atoms with Crippen molar-refractivity contribution in [2.45, 2.75) is 19.9 Å². The van der Waals surface area contributed by atoms with Gasteiger partial charge in [-0.1, -0.05) is 12.1 Å². The molecule has 0 aromatic heterocycles. The summed E-state index contributed by atoms with van der Waals surface area (Å²) >= 11 is 6.75. The molecule has 0 aliphatic carbocycles. The normalized spacial score (nSPS) is 12.3. The van der Waals surface area contributed by atoms with E-state index in [-0.39, 0.29) is 11.9 Å². The van der Waals surface area contributed by atoms with Gasteiger partial charge in [0.05, 0.1) is 4.47 Å². The minimum Gasteiger partial charge on any atom is -0.378 e. The first-order chi connectivity index (χ1) is 8.97. The fourth-order valence-corrected chi connectivity index (χ4v) is 2.84. The third-order valence-electron chi connectivity index (χ3n) is 2.94. The number of hydrogen-bond donors (Lipinski definition) is 1. The summed E-state index contributed by atoms with van der Waals surface area (Å²) in [5.41, 5.74) is 3.26. The number of hydrogen-bond acceptors (Lipinski definition) is 1. The Labute approximate surface area is 129 Å². The van der Waals surface area contributed by atoms with E-state index in [0.29, 0.717) is 4.47 Å². The quantitative estimate of drug-likeness (QED) is 0.699. The van der Waals surface area contributed by atoms with Crippen LogP contribution in [0.5, 0.6) is 0 Å². The van der Waals surface area contributed by atoms with Crippen LogP contribution in [0, 0.1) is 12.7 Å². The van der Waals surface area contributed by atoms with Crippen LogP contribution in [-0.4, -0.2) is 0 Å². The third kappa shape index (κ3) is 3.57. The first-order valence-corrected chi connectivity index (χ1v) is 7.53. The van der Waals surface area contributed by atoms with Crippen molar-refractivity contribution in [1.82, 2.24) is 0 Å². The lowest BCUT2D eigenvalue weighted by Crippen LogP contribution is -2.07. The van der Waals surface area contributed by atoms with Crippen molar-refractivity contribution in [1.29, 1.82) is 0 Å². The highest BCUT2D eigenvalue weighted by Gasteiger charge is 2.09. The van der Waals surface area contributed by atoms with Gasteiger partial charge >= 0.3 is 0 Å². The lowest BCUT2D eigenvalue weighted by molar-refractivity contribution is 0.619. The molecule has 0 saturated carbocycles. The van der Waals surface area contributed by atoms with Crippen LogP contribution in [0.2, 0.25) is 0 Å². The van der Waals surface area contributed by atoms with Crippen molar-refractivity contribution >= 4 is 37.5 Å². The molecule has 2 aromatic rings. The molecule has 0 amide bonds. The smallest absolute Gasteiger partial charge is 0.137 e. The molecule has 1 nitrogen and oxygen atoms in total. The standard InChI is InChI=1S/C15H14Br2FN/c1-9-3-6-15(13(17)7-9)19-10(2)11-4-5-14(18)12(16)8-11/h3-8,10,19H,1-2H3. The molecule has 2 aromatic carbocycles. The van der Waals surface area contributed by atoms with E-state index in [4.69, 9.17) is 0 Å². The summed E-state index contributed by atoms with van der Waals surface area (Å²) in [4.78, 5) is 0. The molecule has 0 spiro atoms. The van der Waals surface area contributed by atoms with Gasteiger partial charge in [-0.25, -0.2) is 4.39 Å². The van der Waals surface area contributed by atoms with E-state index in [1.807, 2.05) is 13.0 Å². The van der Waals surface area contributed by atoms with Crippen molar-refractivity contribution < 1.29 is 4.39 Å². The van der Waals surface area contributed by atoms with Gasteiger partial charge in [0.2, 0.25) is 0 Å². The highest BCUT2D eigenvalue weighted by atomic mass is 79.9. The first-order valence-electron chi connectivity index (χ1n) is 5.95. The second-order valence-corrected chi connectivity index (χ2v) is 6.23. The lowest BCUT2D eigenvalue weighted by Gasteiger charge is -2.17. The molecule has 1 unspecified atom stereocenters. The topological polar surface area (TPSA) is 12.0 Å². The van der Waals surface area contributed by atoms with Crippen LogP contribution >= 0.6 is 31.9 Å². The third-order valence-corrected chi connectivity index (χ3v) is 4.20. The van der Waals surface area contributed by atoms with Gasteiger partial charge in [0.15, 0.2) is 0 Å². The van der Waals surface area contributed by atoms with Crippen LogP contribution < -0.4 is 5.32 Å². The molecule has 2 rings (SSSR count). The fourth-order valence-electron chi connectivity index (χ4n) is 1.84. The molecule has 0 fully saturated rings. The zero-order chi connectivity index (χ0) is 14.0. The van der Waals surface area contributed by atoms with E-state index in [0.717, 1.165) is 15.7 Å². The molecular weight excluding hydrogens is 373 g/mol. The van der Waals surface area contributed by atoms with Gasteiger partial charge < -0.3 is 5.32 Å². The summed E-state index contributed by atoms with van der Waals surface area (Å²) < 4.78 is 14.7. The lowest BCUT2D eigenvalue weighted by atomic mass is 10.1. The number of anilines is 1. The Hall–Kier alpha value is -0.870. The predicted molar refractivity (Wildman–Crippen MR) is 85.0 cm³/mol. The molecule has 1 atom stereocenters. The summed E-state index contributed by atoms with van der Waals surface area (Å²) in [6.45, 7) is 4.10. The molecule has 0 heterocycles. The second-order valence-electron chi connectivity index (χ2n) is 4.52. The minimum atomic E-state index is -0.243. The maximum absolute atomic E-state index is 13.2. The zero-order valence-corrected chi connectivity index (χ0v) is 13.8. The Bertz CT molecular complexity index is 599. The Morgan fingerprint density at radius 3 is 2.42 bits per heavy atom. The summed E-state index contributed by atoms with van der Waals surface area (Å²) in [5.74, 6) is -0.243. The maximum atomic E-state index is 13.2. The van der Waals surface area contributed by atoms with Crippen LogP contribution in [0.4, 0.5) is 10.1 Å². The molecule has 1 N–H and O–H groups in total. The van der Waals surface area contributed by atoms with Crippen molar-refractivity contribution in [3.63, 3.8) is 0 Å². The van der Waals surface area contributed by atoms with E-state index in [1.165, 1.54) is 11.6 Å². The molecule has 19 heavy (non-hydrogen) atoms. The van der Waals surface area contributed by atoms with Gasteiger partial charge in [0.25, 0.3) is 0 Å². The minimum absolute atomic E-state index is 0.0934.